The van der Waals surface area contributed by atoms with Gasteiger partial charge in [0.2, 0.25) is 11.8 Å². The van der Waals surface area contributed by atoms with Crippen LogP contribution in [0.4, 0.5) is 27.9 Å². The lowest BCUT2D eigenvalue weighted by atomic mass is 10.1. The minimum atomic E-state index is -3.00. The molecule has 0 saturated carbocycles. The van der Waals surface area contributed by atoms with Crippen molar-refractivity contribution in [2.45, 2.75) is 31.9 Å². The average molecular weight is 495 g/mol. The number of alkyl halides is 4. The molecule has 1 fully saturated rings. The Kier molecular flexibility index (Phi) is 5.54. The molecule has 0 unspecified atom stereocenters. The van der Waals surface area contributed by atoms with Gasteiger partial charge in [-0.2, -0.15) is 4.98 Å². The standard InChI is InChI=1S/C22H22F5N7O/c1-11-28-14-5-4-12(6-15(14)33(11)9-17(24)25)18-13(23)7-34-19(18)20(35-3)30-21(31-34)29-16-8-32(2)10-22(16,26)27/h4-7,16-17H,8-10H2,1-3H3,(H,29,31)/t16-/m1/s1. The van der Waals surface area contributed by atoms with Gasteiger partial charge < -0.3 is 14.6 Å². The molecule has 1 aliphatic rings. The molecule has 35 heavy (non-hydrogen) atoms. The monoisotopic (exact) mass is 495 g/mol. The van der Waals surface area contributed by atoms with Gasteiger partial charge in [0.25, 0.3) is 12.3 Å². The zero-order valence-corrected chi connectivity index (χ0v) is 19.1. The summed E-state index contributed by atoms with van der Waals surface area (Å²) in [5, 5.41) is 6.80. The molecule has 8 nitrogen and oxygen atoms in total. The molecule has 0 aliphatic carbocycles. The second-order valence-corrected chi connectivity index (χ2v) is 8.61. The third-order valence-corrected chi connectivity index (χ3v) is 6.08. The number of rotatable bonds is 6. The van der Waals surface area contributed by atoms with E-state index in [1.54, 1.807) is 32.2 Å². The van der Waals surface area contributed by atoms with Crippen molar-refractivity contribution in [2.75, 3.05) is 32.6 Å². The number of benzene rings is 1. The fourth-order valence-corrected chi connectivity index (χ4v) is 4.55. The van der Waals surface area contributed by atoms with Crippen molar-refractivity contribution in [1.82, 2.24) is 29.0 Å². The maximum Gasteiger partial charge on any atom is 0.281 e. The summed E-state index contributed by atoms with van der Waals surface area (Å²) in [5.74, 6) is -3.44. The van der Waals surface area contributed by atoms with E-state index < -0.39 is 37.3 Å². The lowest BCUT2D eigenvalue weighted by Crippen LogP contribution is -2.38. The molecule has 1 atom stereocenters. The van der Waals surface area contributed by atoms with Gasteiger partial charge in [0, 0.05) is 6.54 Å². The van der Waals surface area contributed by atoms with Crippen molar-refractivity contribution in [3.05, 3.63) is 36.0 Å². The number of hydrogen-bond acceptors (Lipinski definition) is 6. The third-order valence-electron chi connectivity index (χ3n) is 6.08. The van der Waals surface area contributed by atoms with Crippen LogP contribution in [0, 0.1) is 12.7 Å². The number of hydrogen-bond donors (Lipinski definition) is 1. The first kappa shape index (κ1) is 23.3. The number of likely N-dealkylation sites (tertiary alicyclic amines) is 1. The molecule has 1 N–H and O–H groups in total. The van der Waals surface area contributed by atoms with E-state index in [0.717, 1.165) is 6.20 Å². The summed E-state index contributed by atoms with van der Waals surface area (Å²) >= 11 is 0. The molecule has 5 rings (SSSR count). The van der Waals surface area contributed by atoms with Crippen LogP contribution >= 0.6 is 0 Å². The highest BCUT2D eigenvalue weighted by Crippen LogP contribution is 2.36. The van der Waals surface area contributed by atoms with Crippen LogP contribution in [-0.2, 0) is 6.54 Å². The number of anilines is 1. The van der Waals surface area contributed by atoms with Gasteiger partial charge in [-0.15, -0.1) is 5.10 Å². The topological polar surface area (TPSA) is 72.5 Å². The first-order valence-corrected chi connectivity index (χ1v) is 10.8. The van der Waals surface area contributed by atoms with Crippen LogP contribution in [0.2, 0.25) is 0 Å². The number of aromatic nitrogens is 5. The molecule has 1 aromatic carbocycles. The van der Waals surface area contributed by atoms with Crippen LogP contribution in [0.5, 0.6) is 5.88 Å². The quantitative estimate of drug-likeness (QED) is 0.410. The predicted molar refractivity (Wildman–Crippen MR) is 119 cm³/mol. The summed E-state index contributed by atoms with van der Waals surface area (Å²) in [7, 11) is 2.91. The van der Waals surface area contributed by atoms with Gasteiger partial charge in [-0.3, -0.25) is 4.90 Å². The van der Waals surface area contributed by atoms with Crippen molar-refractivity contribution in [2.24, 2.45) is 0 Å². The van der Waals surface area contributed by atoms with Gasteiger partial charge in [-0.25, -0.2) is 31.5 Å². The van der Waals surface area contributed by atoms with Gasteiger partial charge in [0.05, 0.1) is 43.0 Å². The molecule has 3 aromatic heterocycles. The highest BCUT2D eigenvalue weighted by Gasteiger charge is 2.47. The SMILES string of the molecule is COc1nc(N[C@@H]2CN(C)CC2(F)F)nn2cc(F)c(-c3ccc4nc(C)n(CC(F)F)c4c3)c12. The molecular formula is C22H22F5N7O. The largest absolute Gasteiger partial charge is 0.479 e. The van der Waals surface area contributed by atoms with Crippen molar-refractivity contribution in [3.8, 4) is 17.0 Å². The van der Waals surface area contributed by atoms with Crippen LogP contribution in [-0.4, -0.2) is 74.7 Å². The van der Waals surface area contributed by atoms with Crippen LogP contribution < -0.4 is 10.1 Å². The maximum absolute atomic E-state index is 15.2. The minimum Gasteiger partial charge on any atom is -0.479 e. The smallest absolute Gasteiger partial charge is 0.281 e. The highest BCUT2D eigenvalue weighted by molar-refractivity contribution is 5.90. The van der Waals surface area contributed by atoms with Gasteiger partial charge in [-0.1, -0.05) is 6.07 Å². The Balaban J connectivity index is 1.60. The number of imidazole rings is 1. The second-order valence-electron chi connectivity index (χ2n) is 8.61. The van der Waals surface area contributed by atoms with Crippen LogP contribution in [0.3, 0.4) is 0 Å². The summed E-state index contributed by atoms with van der Waals surface area (Å²) in [6.45, 7) is 0.741. The van der Waals surface area contributed by atoms with E-state index in [1.165, 1.54) is 21.1 Å². The zero-order valence-electron chi connectivity index (χ0n) is 19.1. The van der Waals surface area contributed by atoms with E-state index in [1.807, 2.05) is 0 Å². The molecule has 4 aromatic rings. The van der Waals surface area contributed by atoms with E-state index in [4.69, 9.17) is 4.74 Å². The zero-order chi connectivity index (χ0) is 25.1. The summed E-state index contributed by atoms with van der Waals surface area (Å²) in [4.78, 5) is 9.97. The van der Waals surface area contributed by atoms with E-state index in [-0.39, 0.29) is 29.5 Å². The van der Waals surface area contributed by atoms with E-state index >= 15 is 4.39 Å². The molecular weight excluding hydrogens is 473 g/mol. The summed E-state index contributed by atoms with van der Waals surface area (Å²) in [6, 6.07) is 3.57. The number of halogens is 5. The van der Waals surface area contributed by atoms with Crippen LogP contribution in [0.15, 0.2) is 24.4 Å². The Morgan fingerprint density at radius 2 is 2.03 bits per heavy atom. The fourth-order valence-electron chi connectivity index (χ4n) is 4.55. The summed E-state index contributed by atoms with van der Waals surface area (Å²) in [6.07, 6.45) is -1.50. The number of methoxy groups -OCH3 is 1. The van der Waals surface area contributed by atoms with Crippen LogP contribution in [0.25, 0.3) is 27.7 Å². The van der Waals surface area contributed by atoms with Crippen molar-refractivity contribution in [1.29, 1.82) is 0 Å². The first-order chi connectivity index (χ1) is 16.6. The fraction of sp³-hybridized carbons (Fsp3) is 0.409. The number of nitrogens with zero attached hydrogens (tertiary/aromatic N) is 6. The van der Waals surface area contributed by atoms with Gasteiger partial charge in [-0.05, 0) is 31.7 Å². The van der Waals surface area contributed by atoms with E-state index in [9.17, 15) is 17.6 Å². The minimum absolute atomic E-state index is 0.0339. The molecule has 13 heteroatoms. The Morgan fingerprint density at radius 3 is 2.69 bits per heavy atom. The number of fused-ring (bicyclic) bond motifs is 2. The Hall–Kier alpha value is -3.48. The number of ether oxygens (including phenoxy) is 1. The molecule has 0 bridgehead atoms. The van der Waals surface area contributed by atoms with Crippen molar-refractivity contribution in [3.63, 3.8) is 0 Å². The Bertz CT molecular complexity index is 1420. The summed E-state index contributed by atoms with van der Waals surface area (Å²) < 4.78 is 77.8. The predicted octanol–water partition coefficient (Wildman–Crippen LogP) is 3.83. The normalized spacial score (nSPS) is 18.3. The van der Waals surface area contributed by atoms with Gasteiger partial charge in [0.15, 0.2) is 5.82 Å². The molecule has 186 valence electrons. The lowest BCUT2D eigenvalue weighted by molar-refractivity contribution is 0.00582. The Labute approximate surface area is 196 Å². The first-order valence-electron chi connectivity index (χ1n) is 10.8. The number of aryl methyl sites for hydroxylation is 1. The van der Waals surface area contributed by atoms with Crippen molar-refractivity contribution < 1.29 is 26.7 Å². The highest BCUT2D eigenvalue weighted by atomic mass is 19.3. The molecule has 4 heterocycles. The number of likely N-dealkylation sites (N-methyl/N-ethyl adjacent to an activating group) is 1. The molecule has 0 amide bonds. The molecule has 1 aliphatic heterocycles. The van der Waals surface area contributed by atoms with E-state index in [0.29, 0.717) is 22.4 Å². The van der Waals surface area contributed by atoms with Crippen LogP contribution in [0.1, 0.15) is 5.82 Å². The second kappa shape index (κ2) is 8.33. The average Bonchev–Trinajstić information content (AvgIpc) is 3.36. The molecule has 1 saturated heterocycles. The summed E-state index contributed by atoms with van der Waals surface area (Å²) in [5.41, 5.74) is 1.54. The third kappa shape index (κ3) is 4.03. The Morgan fingerprint density at radius 1 is 1.26 bits per heavy atom. The lowest BCUT2D eigenvalue weighted by Gasteiger charge is -2.19. The molecule has 0 radical (unpaired) electrons. The van der Waals surface area contributed by atoms with Crippen molar-refractivity contribution >= 4 is 22.5 Å². The number of nitrogens with one attached hydrogen (secondary N) is 1. The molecule has 0 spiro atoms. The van der Waals surface area contributed by atoms with E-state index in [2.05, 4.69) is 20.4 Å². The van der Waals surface area contributed by atoms with Gasteiger partial charge >= 0.3 is 0 Å². The maximum atomic E-state index is 15.2. The van der Waals surface area contributed by atoms with Gasteiger partial charge in [0.1, 0.15) is 17.4 Å².